The van der Waals surface area contributed by atoms with E-state index in [9.17, 15) is 9.90 Å². The Labute approximate surface area is 148 Å². The molecule has 134 valence electrons. The SMILES string of the molecule is O=C(Cc1cc(-c2ccccc2)on1)NC(CCO)C1CCCCC1. The van der Waals surface area contributed by atoms with Gasteiger partial charge in [0.05, 0.1) is 12.1 Å². The Morgan fingerprint density at radius 1 is 1.24 bits per heavy atom. The summed E-state index contributed by atoms with van der Waals surface area (Å²) in [5.74, 6) is 1.08. The molecule has 0 spiro atoms. The van der Waals surface area contributed by atoms with E-state index in [1.54, 1.807) is 0 Å². The number of nitrogens with one attached hydrogen (secondary N) is 1. The van der Waals surface area contributed by atoms with Gasteiger partial charge in [0.2, 0.25) is 5.91 Å². The van der Waals surface area contributed by atoms with Gasteiger partial charge >= 0.3 is 0 Å². The third-order valence-electron chi connectivity index (χ3n) is 4.96. The van der Waals surface area contributed by atoms with Crippen molar-refractivity contribution in [3.05, 3.63) is 42.1 Å². The van der Waals surface area contributed by atoms with Gasteiger partial charge in [-0.05, 0) is 25.2 Å². The Kier molecular flexibility index (Phi) is 6.23. The lowest BCUT2D eigenvalue weighted by molar-refractivity contribution is -0.121. The maximum absolute atomic E-state index is 12.4. The molecule has 0 bridgehead atoms. The monoisotopic (exact) mass is 342 g/mol. The van der Waals surface area contributed by atoms with Crippen LogP contribution in [0.25, 0.3) is 11.3 Å². The first kappa shape index (κ1) is 17.7. The summed E-state index contributed by atoms with van der Waals surface area (Å²) < 4.78 is 5.35. The first-order valence-electron chi connectivity index (χ1n) is 9.17. The second-order valence-electron chi connectivity index (χ2n) is 6.81. The Morgan fingerprint density at radius 2 is 2.00 bits per heavy atom. The van der Waals surface area contributed by atoms with Crippen LogP contribution < -0.4 is 5.32 Å². The van der Waals surface area contributed by atoms with Crippen LogP contribution in [-0.4, -0.2) is 28.8 Å². The normalized spacial score (nSPS) is 16.5. The highest BCUT2D eigenvalue weighted by atomic mass is 16.5. The van der Waals surface area contributed by atoms with Gasteiger partial charge in [-0.15, -0.1) is 0 Å². The van der Waals surface area contributed by atoms with Gasteiger partial charge in [0, 0.05) is 24.3 Å². The zero-order valence-corrected chi connectivity index (χ0v) is 14.5. The number of amides is 1. The predicted molar refractivity (Wildman–Crippen MR) is 95.9 cm³/mol. The fourth-order valence-corrected chi connectivity index (χ4v) is 3.66. The molecule has 1 atom stereocenters. The van der Waals surface area contributed by atoms with Crippen molar-refractivity contribution in [3.63, 3.8) is 0 Å². The lowest BCUT2D eigenvalue weighted by atomic mass is 9.82. The van der Waals surface area contributed by atoms with E-state index in [2.05, 4.69) is 10.5 Å². The number of nitrogens with zero attached hydrogens (tertiary/aromatic N) is 1. The van der Waals surface area contributed by atoms with Crippen molar-refractivity contribution in [1.82, 2.24) is 10.5 Å². The number of carbonyl (C=O) groups is 1. The number of aliphatic hydroxyl groups excluding tert-OH is 1. The van der Waals surface area contributed by atoms with E-state index < -0.39 is 0 Å². The van der Waals surface area contributed by atoms with Crippen LogP contribution in [0.1, 0.15) is 44.2 Å². The van der Waals surface area contributed by atoms with E-state index in [0.29, 0.717) is 23.8 Å². The third-order valence-corrected chi connectivity index (χ3v) is 4.96. The predicted octanol–water partition coefficient (Wildman–Crippen LogP) is 3.33. The van der Waals surface area contributed by atoms with Crippen LogP contribution in [-0.2, 0) is 11.2 Å². The van der Waals surface area contributed by atoms with Crippen LogP contribution in [0.15, 0.2) is 40.9 Å². The molecular weight excluding hydrogens is 316 g/mol. The first-order chi connectivity index (χ1) is 12.3. The molecule has 2 N–H and O–H groups in total. The van der Waals surface area contributed by atoms with Gasteiger partial charge in [-0.2, -0.15) is 0 Å². The van der Waals surface area contributed by atoms with Gasteiger partial charge in [-0.1, -0.05) is 54.8 Å². The fraction of sp³-hybridized carbons (Fsp3) is 0.500. The molecule has 1 aliphatic carbocycles. The molecular formula is C20H26N2O3. The molecule has 1 aromatic heterocycles. The quantitative estimate of drug-likeness (QED) is 0.809. The molecule has 1 aliphatic rings. The summed E-state index contributed by atoms with van der Waals surface area (Å²) >= 11 is 0. The number of benzene rings is 1. The van der Waals surface area contributed by atoms with Crippen molar-refractivity contribution in [2.75, 3.05) is 6.61 Å². The average molecular weight is 342 g/mol. The molecule has 3 rings (SSSR count). The smallest absolute Gasteiger partial charge is 0.226 e. The molecule has 1 saturated carbocycles. The van der Waals surface area contributed by atoms with Crippen molar-refractivity contribution >= 4 is 5.91 Å². The molecule has 5 heteroatoms. The van der Waals surface area contributed by atoms with Crippen LogP contribution in [0.2, 0.25) is 0 Å². The Morgan fingerprint density at radius 3 is 2.72 bits per heavy atom. The molecule has 0 saturated heterocycles. The lowest BCUT2D eigenvalue weighted by Crippen LogP contribution is -2.42. The summed E-state index contributed by atoms with van der Waals surface area (Å²) in [6.07, 6.45) is 6.78. The van der Waals surface area contributed by atoms with Gasteiger partial charge in [-0.25, -0.2) is 0 Å². The van der Waals surface area contributed by atoms with Crippen LogP contribution in [0.3, 0.4) is 0 Å². The van der Waals surface area contributed by atoms with Crippen LogP contribution in [0.5, 0.6) is 0 Å². The number of aromatic nitrogens is 1. The number of aliphatic hydroxyl groups is 1. The largest absolute Gasteiger partial charge is 0.396 e. The van der Waals surface area contributed by atoms with Gasteiger partial charge in [-0.3, -0.25) is 4.79 Å². The van der Waals surface area contributed by atoms with E-state index in [0.717, 1.165) is 18.4 Å². The third kappa shape index (κ3) is 4.92. The maximum atomic E-state index is 12.4. The minimum absolute atomic E-state index is 0.0540. The van der Waals surface area contributed by atoms with Crippen molar-refractivity contribution in [1.29, 1.82) is 0 Å². The van der Waals surface area contributed by atoms with E-state index in [1.807, 2.05) is 36.4 Å². The first-order valence-corrected chi connectivity index (χ1v) is 9.17. The number of carbonyl (C=O) groups excluding carboxylic acids is 1. The summed E-state index contributed by atoms with van der Waals surface area (Å²) in [6.45, 7) is 0.101. The zero-order valence-electron chi connectivity index (χ0n) is 14.5. The van der Waals surface area contributed by atoms with Crippen molar-refractivity contribution in [2.24, 2.45) is 5.92 Å². The average Bonchev–Trinajstić information content (AvgIpc) is 3.11. The standard InChI is InChI=1S/C20H26N2O3/c23-12-11-18(15-7-3-1-4-8-15)21-20(24)14-17-13-19(25-22-17)16-9-5-2-6-10-16/h2,5-6,9-10,13,15,18,23H,1,3-4,7-8,11-12,14H2,(H,21,24). The van der Waals surface area contributed by atoms with E-state index in [-0.39, 0.29) is 25.0 Å². The van der Waals surface area contributed by atoms with Gasteiger partial charge < -0.3 is 14.9 Å². The Balaban J connectivity index is 1.58. The summed E-state index contributed by atoms with van der Waals surface area (Å²) in [6, 6.07) is 11.6. The molecule has 1 fully saturated rings. The number of hydrogen-bond donors (Lipinski definition) is 2. The lowest BCUT2D eigenvalue weighted by Gasteiger charge is -2.30. The highest BCUT2D eigenvalue weighted by Gasteiger charge is 2.25. The summed E-state index contributed by atoms with van der Waals surface area (Å²) in [4.78, 5) is 12.4. The molecule has 5 nitrogen and oxygen atoms in total. The molecule has 0 aliphatic heterocycles. The van der Waals surface area contributed by atoms with E-state index in [4.69, 9.17) is 4.52 Å². The molecule has 1 unspecified atom stereocenters. The Hall–Kier alpha value is -2.14. The van der Waals surface area contributed by atoms with Gasteiger partial charge in [0.15, 0.2) is 5.76 Å². The summed E-state index contributed by atoms with van der Waals surface area (Å²) in [5.41, 5.74) is 1.57. The minimum Gasteiger partial charge on any atom is -0.396 e. The molecule has 25 heavy (non-hydrogen) atoms. The van der Waals surface area contributed by atoms with Crippen molar-refractivity contribution in [3.8, 4) is 11.3 Å². The number of rotatable bonds is 7. The van der Waals surface area contributed by atoms with E-state index >= 15 is 0 Å². The Bertz CT molecular complexity index is 663. The summed E-state index contributed by atoms with van der Waals surface area (Å²) in [5, 5.41) is 16.4. The molecule has 2 aromatic rings. The molecule has 0 radical (unpaired) electrons. The second kappa shape index (κ2) is 8.81. The molecule has 1 amide bonds. The highest BCUT2D eigenvalue weighted by molar-refractivity contribution is 5.78. The van der Waals surface area contributed by atoms with Gasteiger partial charge in [0.25, 0.3) is 0 Å². The highest BCUT2D eigenvalue weighted by Crippen LogP contribution is 2.28. The molecule has 1 aromatic carbocycles. The zero-order chi connectivity index (χ0) is 17.5. The van der Waals surface area contributed by atoms with Crippen molar-refractivity contribution < 1.29 is 14.4 Å². The molecule has 1 heterocycles. The second-order valence-corrected chi connectivity index (χ2v) is 6.81. The van der Waals surface area contributed by atoms with Crippen LogP contribution in [0, 0.1) is 5.92 Å². The maximum Gasteiger partial charge on any atom is 0.226 e. The van der Waals surface area contributed by atoms with Crippen molar-refractivity contribution in [2.45, 2.75) is 51.0 Å². The van der Waals surface area contributed by atoms with Crippen LogP contribution >= 0.6 is 0 Å². The van der Waals surface area contributed by atoms with Crippen LogP contribution in [0.4, 0.5) is 0 Å². The summed E-state index contributed by atoms with van der Waals surface area (Å²) in [7, 11) is 0. The topological polar surface area (TPSA) is 75.4 Å². The van der Waals surface area contributed by atoms with Gasteiger partial charge in [0.1, 0.15) is 0 Å². The van der Waals surface area contributed by atoms with E-state index in [1.165, 1.54) is 19.3 Å². The minimum atomic E-state index is -0.0584. The fourth-order valence-electron chi connectivity index (χ4n) is 3.66. The number of hydrogen-bond acceptors (Lipinski definition) is 4.